The average Bonchev–Trinajstić information content (AvgIpc) is 3.57. The van der Waals surface area contributed by atoms with Crippen LogP contribution in [0.5, 0.6) is 0 Å². The smallest absolute Gasteiger partial charge is 0.324 e. The molecule has 6 nitrogen and oxygen atoms in total. The summed E-state index contributed by atoms with van der Waals surface area (Å²) in [5.41, 5.74) is 5.63. The Hall–Kier alpha value is -3.72. The molecule has 3 heterocycles. The van der Waals surface area contributed by atoms with E-state index in [4.69, 9.17) is 0 Å². The first-order chi connectivity index (χ1) is 18.9. The van der Waals surface area contributed by atoms with Crippen LogP contribution in [0.15, 0.2) is 67.0 Å². The van der Waals surface area contributed by atoms with Crippen molar-refractivity contribution in [2.45, 2.75) is 57.2 Å². The number of nitrogens with zero attached hydrogens (tertiary/aromatic N) is 5. The Bertz CT molecular complexity index is 1430. The van der Waals surface area contributed by atoms with E-state index in [1.54, 1.807) is 12.3 Å². The van der Waals surface area contributed by atoms with Crippen LogP contribution in [-0.2, 0) is 25.4 Å². The molecule has 1 aliphatic heterocycles. The van der Waals surface area contributed by atoms with Crippen LogP contribution in [0.25, 0.3) is 5.69 Å². The lowest BCUT2D eigenvalue weighted by Gasteiger charge is -2.25. The van der Waals surface area contributed by atoms with Crippen LogP contribution < -0.4 is 5.32 Å². The normalized spacial score (nSPS) is 18.1. The van der Waals surface area contributed by atoms with Gasteiger partial charge in [0.1, 0.15) is 0 Å². The Labute approximate surface area is 225 Å². The lowest BCUT2D eigenvalue weighted by atomic mass is 10.0. The molecule has 0 radical (unpaired) electrons. The molecule has 0 amide bonds. The summed E-state index contributed by atoms with van der Waals surface area (Å²) in [5, 5.41) is 6.95. The molecule has 1 atom stereocenters. The summed E-state index contributed by atoms with van der Waals surface area (Å²) in [6.45, 7) is 2.37. The highest BCUT2D eigenvalue weighted by atomic mass is 19.4. The van der Waals surface area contributed by atoms with Crippen LogP contribution in [0.4, 0.5) is 24.8 Å². The van der Waals surface area contributed by atoms with Gasteiger partial charge in [-0.1, -0.05) is 36.4 Å². The first kappa shape index (κ1) is 25.6. The minimum Gasteiger partial charge on any atom is -0.324 e. The van der Waals surface area contributed by atoms with E-state index in [2.05, 4.69) is 37.4 Å². The topological polar surface area (TPSA) is 58.9 Å². The number of rotatable bonds is 6. The van der Waals surface area contributed by atoms with Gasteiger partial charge in [-0.3, -0.25) is 4.98 Å². The van der Waals surface area contributed by atoms with Crippen molar-refractivity contribution in [3.63, 3.8) is 0 Å². The molecule has 2 aromatic heterocycles. The highest BCUT2D eigenvalue weighted by Gasteiger charge is 2.37. The number of fused-ring (bicyclic) bond motifs is 1. The van der Waals surface area contributed by atoms with Crippen molar-refractivity contribution >= 4 is 11.6 Å². The van der Waals surface area contributed by atoms with Gasteiger partial charge in [0.2, 0.25) is 5.95 Å². The maximum atomic E-state index is 13.7. The van der Waals surface area contributed by atoms with Crippen LogP contribution in [0.2, 0.25) is 0 Å². The highest BCUT2D eigenvalue weighted by Crippen LogP contribution is 2.32. The Morgan fingerprint density at radius 3 is 2.41 bits per heavy atom. The number of aromatic nitrogens is 4. The molecule has 1 N–H and O–H groups in total. The summed E-state index contributed by atoms with van der Waals surface area (Å²) < 4.78 is 42.1. The van der Waals surface area contributed by atoms with E-state index in [1.807, 2.05) is 36.4 Å². The Morgan fingerprint density at radius 2 is 1.64 bits per heavy atom. The SMILES string of the molecule is FC(F)(F)c1nc(Nc2ccc3c(c2)CCC(N2CCCC2)CC3)n(-c2cncc(Cc3ccccc3)c2)n1. The predicted molar refractivity (Wildman–Crippen MR) is 144 cm³/mol. The number of aryl methyl sites for hydroxylation is 2. The molecule has 9 heteroatoms. The third-order valence-corrected chi connectivity index (χ3v) is 7.75. The zero-order chi connectivity index (χ0) is 26.8. The van der Waals surface area contributed by atoms with Crippen molar-refractivity contribution in [1.29, 1.82) is 0 Å². The number of anilines is 2. The van der Waals surface area contributed by atoms with Crippen LogP contribution in [-0.4, -0.2) is 43.8 Å². The number of alkyl halides is 3. The van der Waals surface area contributed by atoms with Gasteiger partial charge in [0, 0.05) is 17.9 Å². The number of benzene rings is 2. The zero-order valence-electron chi connectivity index (χ0n) is 21.7. The number of hydrogen-bond donors (Lipinski definition) is 1. The second kappa shape index (κ2) is 10.8. The largest absolute Gasteiger partial charge is 0.453 e. The van der Waals surface area contributed by atoms with Crippen LogP contribution in [0, 0.1) is 0 Å². The number of likely N-dealkylation sites (tertiary alicyclic amines) is 1. The van der Waals surface area contributed by atoms with Crippen molar-refractivity contribution < 1.29 is 13.2 Å². The summed E-state index contributed by atoms with van der Waals surface area (Å²) in [6.07, 6.45) is 5.94. The van der Waals surface area contributed by atoms with Gasteiger partial charge in [-0.2, -0.15) is 22.8 Å². The molecule has 1 fully saturated rings. The predicted octanol–water partition coefficient (Wildman–Crippen LogP) is 6.36. The standard InChI is InChI=1S/C30H31F3N6/c31-30(32,33)28-36-29(39(37-28)27-17-22(19-34-20-27)16-21-6-2-1-3-7-21)35-25-11-8-23-9-12-26(13-10-24(23)18-25)38-14-4-5-15-38/h1-3,6-8,11,17-20,26H,4-5,9-10,12-16H2,(H,35,36,37). The fraction of sp³-hybridized carbons (Fsp3) is 0.367. The van der Waals surface area contributed by atoms with Gasteiger partial charge in [0.15, 0.2) is 0 Å². The zero-order valence-corrected chi connectivity index (χ0v) is 21.7. The summed E-state index contributed by atoms with van der Waals surface area (Å²) >= 11 is 0. The molecule has 2 aromatic carbocycles. The minimum absolute atomic E-state index is 0.00417. The van der Waals surface area contributed by atoms with Gasteiger partial charge in [-0.15, -0.1) is 5.10 Å². The molecule has 202 valence electrons. The molecule has 1 aliphatic carbocycles. The third-order valence-electron chi connectivity index (χ3n) is 7.75. The molecule has 4 aromatic rings. The van der Waals surface area contributed by atoms with Gasteiger partial charge in [0.05, 0.1) is 11.9 Å². The number of hydrogen-bond acceptors (Lipinski definition) is 5. The number of nitrogens with one attached hydrogen (secondary N) is 1. The second-order valence-electron chi connectivity index (χ2n) is 10.5. The van der Waals surface area contributed by atoms with Gasteiger partial charge in [0.25, 0.3) is 5.82 Å². The van der Waals surface area contributed by atoms with Crippen molar-refractivity contribution in [3.05, 3.63) is 95.1 Å². The average molecular weight is 533 g/mol. The number of halogens is 3. The monoisotopic (exact) mass is 532 g/mol. The molecule has 6 rings (SSSR count). The fourth-order valence-electron chi connectivity index (χ4n) is 5.78. The second-order valence-corrected chi connectivity index (χ2v) is 10.5. The van der Waals surface area contributed by atoms with Crippen LogP contribution >= 0.6 is 0 Å². The highest BCUT2D eigenvalue weighted by molar-refractivity contribution is 5.58. The fourth-order valence-corrected chi connectivity index (χ4v) is 5.78. The van der Waals surface area contributed by atoms with Crippen molar-refractivity contribution in [1.82, 2.24) is 24.6 Å². The van der Waals surface area contributed by atoms with E-state index < -0.39 is 12.0 Å². The Kier molecular flexibility index (Phi) is 7.08. The Morgan fingerprint density at radius 1 is 0.872 bits per heavy atom. The van der Waals surface area contributed by atoms with Crippen LogP contribution in [0.1, 0.15) is 53.8 Å². The third kappa shape index (κ3) is 5.83. The van der Waals surface area contributed by atoms with Crippen molar-refractivity contribution in [2.24, 2.45) is 0 Å². The van der Waals surface area contributed by atoms with Gasteiger partial charge < -0.3 is 10.2 Å². The molecular weight excluding hydrogens is 501 g/mol. The molecule has 2 aliphatic rings. The van der Waals surface area contributed by atoms with E-state index in [0.29, 0.717) is 23.8 Å². The molecule has 0 bridgehead atoms. The molecule has 0 spiro atoms. The van der Waals surface area contributed by atoms with E-state index in [0.717, 1.165) is 36.8 Å². The Balaban J connectivity index is 1.27. The molecule has 39 heavy (non-hydrogen) atoms. The lowest BCUT2D eigenvalue weighted by Crippen LogP contribution is -2.32. The molecule has 1 unspecified atom stereocenters. The van der Waals surface area contributed by atoms with Crippen LogP contribution in [0.3, 0.4) is 0 Å². The quantitative estimate of drug-likeness (QED) is 0.293. The van der Waals surface area contributed by atoms with E-state index in [1.165, 1.54) is 47.9 Å². The van der Waals surface area contributed by atoms with Gasteiger partial charge >= 0.3 is 6.18 Å². The summed E-state index contributed by atoms with van der Waals surface area (Å²) in [6, 6.07) is 18.3. The van der Waals surface area contributed by atoms with Gasteiger partial charge in [-0.05, 0) is 98.5 Å². The first-order valence-electron chi connectivity index (χ1n) is 13.6. The maximum absolute atomic E-state index is 13.7. The van der Waals surface area contributed by atoms with Gasteiger partial charge in [-0.25, -0.2) is 0 Å². The van der Waals surface area contributed by atoms with E-state index in [9.17, 15) is 13.2 Å². The first-order valence-corrected chi connectivity index (χ1v) is 13.6. The lowest BCUT2D eigenvalue weighted by molar-refractivity contribution is -0.144. The van der Waals surface area contributed by atoms with E-state index in [-0.39, 0.29) is 5.95 Å². The summed E-state index contributed by atoms with van der Waals surface area (Å²) in [4.78, 5) is 10.7. The molecular formula is C30H31F3N6. The van der Waals surface area contributed by atoms with E-state index >= 15 is 0 Å². The summed E-state index contributed by atoms with van der Waals surface area (Å²) in [5.74, 6) is -1.19. The minimum atomic E-state index is -4.67. The molecule has 0 saturated carbocycles. The number of pyridine rings is 1. The van der Waals surface area contributed by atoms with Crippen molar-refractivity contribution in [3.8, 4) is 5.69 Å². The summed E-state index contributed by atoms with van der Waals surface area (Å²) in [7, 11) is 0. The molecule has 1 saturated heterocycles. The maximum Gasteiger partial charge on any atom is 0.453 e. The van der Waals surface area contributed by atoms with Crippen molar-refractivity contribution in [2.75, 3.05) is 18.4 Å².